The van der Waals surface area contributed by atoms with E-state index in [-0.39, 0.29) is 5.82 Å². The Bertz CT molecular complexity index is 1050. The van der Waals surface area contributed by atoms with Gasteiger partial charge in [0.2, 0.25) is 0 Å². The van der Waals surface area contributed by atoms with E-state index in [0.717, 1.165) is 11.0 Å². The van der Waals surface area contributed by atoms with Crippen molar-refractivity contribution >= 4 is 28.0 Å². The highest BCUT2D eigenvalue weighted by atomic mass is 16.6. The molecule has 3 aromatic heterocycles. The smallest absolute Gasteiger partial charge is 0.167 e. The number of aliphatic hydroxyl groups is 3. The number of nitrogens with one attached hydrogen (secondary N) is 1. The maximum absolute atomic E-state index is 9.95. The topological polar surface area (TPSA) is 168 Å². The molecule has 0 aliphatic carbocycles. The fourth-order valence-electron chi connectivity index (χ4n) is 3.05. The summed E-state index contributed by atoms with van der Waals surface area (Å²) in [5.41, 5.74) is 8.56. The molecule has 0 radical (unpaired) electrons. The van der Waals surface area contributed by atoms with Crippen molar-refractivity contribution in [3.63, 3.8) is 0 Å². The molecule has 11 heteroatoms. The second-order valence-corrected chi connectivity index (χ2v) is 6.23. The lowest BCUT2D eigenvalue weighted by molar-refractivity contribution is -0.0511. The normalized spacial score (nSPS) is 24.4. The second-order valence-electron chi connectivity index (χ2n) is 6.23. The van der Waals surface area contributed by atoms with Crippen LogP contribution in [0.3, 0.4) is 0 Å². The van der Waals surface area contributed by atoms with E-state index < -0.39 is 31.1 Å². The van der Waals surface area contributed by atoms with Crippen LogP contribution in [0.15, 0.2) is 43.2 Å². The lowest BCUT2D eigenvalue weighted by atomic mass is 10.1. The van der Waals surface area contributed by atoms with E-state index in [4.69, 9.17) is 15.6 Å². The predicted molar refractivity (Wildman–Crippen MR) is 98.8 cm³/mol. The zero-order valence-corrected chi connectivity index (χ0v) is 14.6. The largest absolute Gasteiger partial charge is 0.394 e. The van der Waals surface area contributed by atoms with Gasteiger partial charge in [0.25, 0.3) is 0 Å². The molecule has 4 heterocycles. The van der Waals surface area contributed by atoms with E-state index in [1.807, 2.05) is 24.3 Å². The Morgan fingerprint density at radius 1 is 1.11 bits per heavy atom. The van der Waals surface area contributed by atoms with Crippen molar-refractivity contribution in [2.75, 3.05) is 12.3 Å². The molecule has 5 rings (SSSR count). The molecule has 0 bridgehead atoms. The summed E-state index contributed by atoms with van der Waals surface area (Å²) < 4.78 is 6.85. The van der Waals surface area contributed by atoms with Crippen LogP contribution >= 0.6 is 0 Å². The molecule has 28 heavy (non-hydrogen) atoms. The van der Waals surface area contributed by atoms with Gasteiger partial charge in [0.15, 0.2) is 17.7 Å². The summed E-state index contributed by atoms with van der Waals surface area (Å²) in [5.74, 6) is 0.218. The SMILES string of the molecule is Nc1ncnc2c1ncn2[C@@H]1O[C@H](CO)[C@@H](O)[C@H]1O.c1ccc2[nH]cnc2c1. The average molecular weight is 385 g/mol. The van der Waals surface area contributed by atoms with Gasteiger partial charge in [0.05, 0.1) is 30.3 Å². The lowest BCUT2D eigenvalue weighted by Crippen LogP contribution is -2.33. The van der Waals surface area contributed by atoms with E-state index in [0.29, 0.717) is 11.2 Å². The first-order chi connectivity index (χ1) is 13.6. The molecule has 1 aromatic carbocycles. The number of hydrogen-bond donors (Lipinski definition) is 5. The molecule has 6 N–H and O–H groups in total. The highest BCUT2D eigenvalue weighted by Gasteiger charge is 2.43. The van der Waals surface area contributed by atoms with Crippen LogP contribution in [0.1, 0.15) is 6.23 Å². The van der Waals surface area contributed by atoms with E-state index in [9.17, 15) is 10.2 Å². The first-order valence-corrected chi connectivity index (χ1v) is 8.53. The number of aliphatic hydroxyl groups excluding tert-OH is 3. The molecule has 0 saturated carbocycles. The summed E-state index contributed by atoms with van der Waals surface area (Å²) in [4.78, 5) is 19.0. The summed E-state index contributed by atoms with van der Waals surface area (Å²) in [5, 5.41) is 28.7. The average Bonchev–Trinajstić information content (AvgIpc) is 3.42. The quantitative estimate of drug-likeness (QED) is 0.308. The van der Waals surface area contributed by atoms with Crippen molar-refractivity contribution in [2.24, 2.45) is 0 Å². The molecule has 1 aliphatic rings. The van der Waals surface area contributed by atoms with Crippen LogP contribution in [-0.4, -0.2) is 69.7 Å². The highest BCUT2D eigenvalue weighted by molar-refractivity contribution is 5.81. The molecule has 4 aromatic rings. The third-order valence-corrected chi connectivity index (χ3v) is 4.51. The molecule has 0 unspecified atom stereocenters. The standard InChI is InChI=1S/C10H13N5O4.C7H6N2/c11-8-5-9(13-2-12-8)15(3-14-5)10-7(18)6(17)4(1-16)19-10;1-2-4-7-6(3-1)8-5-9-7/h2-4,6-7,10,16-18H,1H2,(H2,11,12,13);1-5H,(H,8,9)/t4-,6-,7-,10-;/m1./s1. The van der Waals surface area contributed by atoms with Crippen molar-refractivity contribution < 1.29 is 20.1 Å². The van der Waals surface area contributed by atoms with Gasteiger partial charge in [-0.05, 0) is 12.1 Å². The molecule has 146 valence electrons. The van der Waals surface area contributed by atoms with Gasteiger partial charge in [-0.2, -0.15) is 0 Å². The number of aromatic nitrogens is 6. The third-order valence-electron chi connectivity index (χ3n) is 4.51. The minimum atomic E-state index is -1.19. The number of para-hydroxylation sites is 2. The highest BCUT2D eigenvalue weighted by Crippen LogP contribution is 2.31. The molecule has 4 atom stereocenters. The number of nitrogens with two attached hydrogens (primary N) is 1. The van der Waals surface area contributed by atoms with Crippen LogP contribution in [0.4, 0.5) is 5.82 Å². The van der Waals surface area contributed by atoms with Crippen LogP contribution in [0, 0.1) is 0 Å². The number of nitrogens with zero attached hydrogens (tertiary/aromatic N) is 5. The van der Waals surface area contributed by atoms with Crippen molar-refractivity contribution in [1.29, 1.82) is 0 Å². The maximum atomic E-state index is 9.95. The number of rotatable bonds is 2. The summed E-state index contributed by atoms with van der Waals surface area (Å²) in [6.45, 7) is -0.390. The van der Waals surface area contributed by atoms with Crippen LogP contribution < -0.4 is 5.73 Å². The molecule has 0 spiro atoms. The Morgan fingerprint density at radius 2 is 1.93 bits per heavy atom. The third kappa shape index (κ3) is 3.16. The fraction of sp³-hybridized carbons (Fsp3) is 0.294. The fourth-order valence-corrected chi connectivity index (χ4v) is 3.05. The van der Waals surface area contributed by atoms with Crippen LogP contribution in [0.2, 0.25) is 0 Å². The van der Waals surface area contributed by atoms with E-state index >= 15 is 0 Å². The number of hydrogen-bond acceptors (Lipinski definition) is 9. The molecule has 1 fully saturated rings. The summed E-state index contributed by atoms with van der Waals surface area (Å²) in [6.07, 6.45) is 0.276. The molecule has 1 aliphatic heterocycles. The van der Waals surface area contributed by atoms with Crippen LogP contribution in [0.25, 0.3) is 22.2 Å². The Morgan fingerprint density at radius 3 is 2.68 bits per heavy atom. The number of H-pyrrole nitrogens is 1. The van der Waals surface area contributed by atoms with Crippen molar-refractivity contribution in [2.45, 2.75) is 24.5 Å². The number of fused-ring (bicyclic) bond motifs is 2. The lowest BCUT2D eigenvalue weighted by Gasteiger charge is -2.16. The predicted octanol–water partition coefficient (Wildman–Crippen LogP) is -0.417. The Hall–Kier alpha value is -3.12. The van der Waals surface area contributed by atoms with Gasteiger partial charge in [-0.25, -0.2) is 19.9 Å². The maximum Gasteiger partial charge on any atom is 0.167 e. The first-order valence-electron chi connectivity index (χ1n) is 8.53. The Kier molecular flexibility index (Phi) is 4.88. The van der Waals surface area contributed by atoms with Crippen LogP contribution in [-0.2, 0) is 4.74 Å². The van der Waals surface area contributed by atoms with Gasteiger partial charge in [-0.1, -0.05) is 12.1 Å². The number of aromatic amines is 1. The summed E-state index contributed by atoms with van der Waals surface area (Å²) >= 11 is 0. The van der Waals surface area contributed by atoms with Crippen molar-refractivity contribution in [1.82, 2.24) is 29.5 Å². The molecular formula is C17H19N7O4. The number of anilines is 1. The number of benzene rings is 1. The first kappa shape index (κ1) is 18.3. The zero-order chi connectivity index (χ0) is 19.7. The number of nitrogen functional groups attached to an aromatic ring is 1. The van der Waals surface area contributed by atoms with E-state index in [1.54, 1.807) is 6.33 Å². The van der Waals surface area contributed by atoms with Crippen molar-refractivity contribution in [3.05, 3.63) is 43.2 Å². The Balaban J connectivity index is 0.000000177. The molecule has 0 amide bonds. The van der Waals surface area contributed by atoms with E-state index in [1.165, 1.54) is 17.2 Å². The second kappa shape index (κ2) is 7.48. The minimum Gasteiger partial charge on any atom is -0.394 e. The summed E-state index contributed by atoms with van der Waals surface area (Å²) in [7, 11) is 0. The Labute approximate surface area is 158 Å². The minimum absolute atomic E-state index is 0.218. The molecule has 1 saturated heterocycles. The van der Waals surface area contributed by atoms with Gasteiger partial charge in [-0.3, -0.25) is 4.57 Å². The van der Waals surface area contributed by atoms with Gasteiger partial charge in [0, 0.05) is 0 Å². The number of ether oxygens (including phenoxy) is 1. The molecular weight excluding hydrogens is 366 g/mol. The summed E-state index contributed by atoms with van der Waals surface area (Å²) in [6, 6.07) is 7.94. The van der Waals surface area contributed by atoms with E-state index in [2.05, 4.69) is 24.9 Å². The molecule has 11 nitrogen and oxygen atoms in total. The zero-order valence-electron chi connectivity index (χ0n) is 14.6. The van der Waals surface area contributed by atoms with Gasteiger partial charge in [-0.15, -0.1) is 0 Å². The number of imidazole rings is 2. The monoisotopic (exact) mass is 385 g/mol. The van der Waals surface area contributed by atoms with Crippen molar-refractivity contribution in [3.8, 4) is 0 Å². The van der Waals surface area contributed by atoms with Gasteiger partial charge in [0.1, 0.15) is 30.2 Å². The van der Waals surface area contributed by atoms with Gasteiger partial charge >= 0.3 is 0 Å². The van der Waals surface area contributed by atoms with Crippen LogP contribution in [0.5, 0.6) is 0 Å². The van der Waals surface area contributed by atoms with Gasteiger partial charge < -0.3 is 30.8 Å².